The third kappa shape index (κ3) is 18.6. The molecule has 2 aromatic carbocycles. The number of allylic oxidation sites excluding steroid dienone is 3. The van der Waals surface area contributed by atoms with Crippen molar-refractivity contribution in [2.45, 2.75) is 115 Å². The maximum Gasteiger partial charge on any atom is 0.490 e. The van der Waals surface area contributed by atoms with Crippen molar-refractivity contribution in [3.63, 3.8) is 0 Å². The van der Waals surface area contributed by atoms with Gasteiger partial charge in [0, 0.05) is 63.3 Å². The van der Waals surface area contributed by atoms with Gasteiger partial charge in [-0.1, -0.05) is 107 Å². The molecule has 3 heterocycles. The summed E-state index contributed by atoms with van der Waals surface area (Å²) in [6, 6.07) is 8.99. The van der Waals surface area contributed by atoms with Crippen LogP contribution in [0.3, 0.4) is 0 Å². The number of amides is 1. The lowest BCUT2D eigenvalue weighted by Gasteiger charge is -2.37. The molecule has 0 bridgehead atoms. The van der Waals surface area contributed by atoms with Gasteiger partial charge in [-0.25, -0.2) is 28.3 Å². The molecular weight excluding hydrogens is 1180 g/mol. The second-order valence-corrected chi connectivity index (χ2v) is 30.6. The van der Waals surface area contributed by atoms with Gasteiger partial charge in [-0.2, -0.15) is 8.62 Å². The van der Waals surface area contributed by atoms with E-state index in [2.05, 4.69) is 67.8 Å². The number of aromatic nitrogens is 2. The van der Waals surface area contributed by atoms with Crippen LogP contribution in [0.25, 0.3) is 0 Å². The Bertz CT molecular complexity index is 3230. The Balaban J connectivity index is 1.05. The first kappa shape index (κ1) is 65.4. The van der Waals surface area contributed by atoms with E-state index in [4.69, 9.17) is 33.3 Å². The molecule has 1 amide bonds. The molecule has 1 fully saturated rings. The van der Waals surface area contributed by atoms with Gasteiger partial charge in [0.05, 0.1) is 18.3 Å². The average molecular weight is 1250 g/mol. The van der Waals surface area contributed by atoms with Crippen molar-refractivity contribution in [3.05, 3.63) is 120 Å². The predicted octanol–water partition coefficient (Wildman–Crippen LogP) is 7.09. The van der Waals surface area contributed by atoms with Crippen LogP contribution < -0.4 is 26.3 Å². The van der Waals surface area contributed by atoms with E-state index < -0.39 is 82.3 Å². The SMILES string of the molecule is CCCc1cc2c(cc1C)C(c1ccc(C(=O)NCC(C)(C)SSCOCC#Cc3cn([C@H]4C[C@@H](OCSSC(C)(C)C)[C@@H](COP(=O)(O)OP(=O)(O)OP(=O)(O)O)O4)c(=O)[nH]c3=O)cc1C(=O)O)C1C=C(C)C(=[NH+]CC)C=C1O2. The Hall–Kier alpha value is -3.74. The molecule has 1 aliphatic carbocycles. The van der Waals surface area contributed by atoms with E-state index in [1.54, 1.807) is 12.1 Å². The van der Waals surface area contributed by atoms with E-state index in [-0.39, 0.29) is 58.8 Å². The van der Waals surface area contributed by atoms with Gasteiger partial charge in [0.25, 0.3) is 11.5 Å². The summed E-state index contributed by atoms with van der Waals surface area (Å²) in [7, 11) is -11.4. The van der Waals surface area contributed by atoms with Gasteiger partial charge >= 0.3 is 35.1 Å². The second kappa shape index (κ2) is 27.8. The van der Waals surface area contributed by atoms with Crippen molar-refractivity contribution >= 4 is 84.2 Å². The lowest BCUT2D eigenvalue weighted by Crippen LogP contribution is -2.72. The molecule has 2 aliphatic heterocycles. The second-order valence-electron chi connectivity index (χ2n) is 20.1. The number of phosphoric ester groups is 1. The highest BCUT2D eigenvalue weighted by atomic mass is 33.1. The van der Waals surface area contributed by atoms with E-state index in [1.165, 1.54) is 49.2 Å². The highest BCUT2D eigenvalue weighted by Gasteiger charge is 2.44. The maximum atomic E-state index is 13.7. The minimum Gasteiger partial charge on any atom is -0.478 e. The Morgan fingerprint density at radius 2 is 1.69 bits per heavy atom. The van der Waals surface area contributed by atoms with Crippen molar-refractivity contribution in [2.24, 2.45) is 5.92 Å². The quantitative estimate of drug-likeness (QED) is 0.0138. The van der Waals surface area contributed by atoms with Gasteiger partial charge in [-0.3, -0.25) is 23.7 Å². The molecule has 8 N–H and O–H groups in total. The number of carbonyl (C=O) groups is 2. The molecule has 3 aliphatic rings. The molecule has 4 unspecified atom stereocenters. The standard InChI is InChI=1S/C50H65N4O19P3S4/c1-10-13-31-21-39-36(18-29(31)3)44(37-19-30(4)38(51-11-2)22-40(37)70-39)34-16-15-32(20-35(34)47(57)58)45(55)52-26-50(8,9)80-77-27-67-17-12-14-33-24-54(48(59)53-46(33)56)43-23-41(68-28-78-79-49(5,6)7)42(71-43)25-69-75(63,64)73-76(65,66)72-74(60,61)62/h15-16,18-22,24,37,41-44H,10-11,13,17,23,25-28H2,1-9H3,(H,52,55)(H,57,58)(H,63,64)(H,65,66)(H,53,56,59)(H2,60,61,62)/p+1/t37?,41-,42-,43-,44?/m1/s1. The first-order valence-electron chi connectivity index (χ1n) is 24.9. The Morgan fingerprint density at radius 3 is 2.36 bits per heavy atom. The maximum absolute atomic E-state index is 13.7. The molecule has 3 aromatic rings. The molecule has 0 spiro atoms. The number of carboxylic acid groups (broad SMARTS) is 1. The number of aryl methyl sites for hydroxylation is 2. The van der Waals surface area contributed by atoms with Gasteiger partial charge in [0.15, 0.2) is 0 Å². The van der Waals surface area contributed by atoms with Crippen LogP contribution in [0.5, 0.6) is 5.75 Å². The van der Waals surface area contributed by atoms with Gasteiger partial charge in [-0.15, -0.1) is 0 Å². The summed E-state index contributed by atoms with van der Waals surface area (Å²) in [6.07, 6.45) is 3.69. The van der Waals surface area contributed by atoms with Crippen LogP contribution in [0.4, 0.5) is 0 Å². The summed E-state index contributed by atoms with van der Waals surface area (Å²) < 4.78 is 72.3. The van der Waals surface area contributed by atoms with E-state index in [0.717, 1.165) is 58.1 Å². The van der Waals surface area contributed by atoms with Crippen LogP contribution in [0, 0.1) is 24.7 Å². The number of phosphoric acid groups is 3. The zero-order valence-corrected chi connectivity index (χ0v) is 51.2. The van der Waals surface area contributed by atoms with Crippen molar-refractivity contribution in [1.82, 2.24) is 14.9 Å². The van der Waals surface area contributed by atoms with E-state index in [9.17, 15) is 47.8 Å². The summed E-state index contributed by atoms with van der Waals surface area (Å²) in [6.45, 7) is 17.9. The van der Waals surface area contributed by atoms with Crippen molar-refractivity contribution < 1.29 is 85.0 Å². The minimum atomic E-state index is -5.80. The zero-order valence-electron chi connectivity index (χ0n) is 45.2. The third-order valence-corrected chi connectivity index (χ3v) is 21.8. The van der Waals surface area contributed by atoms with Crippen LogP contribution in [-0.4, -0.2) is 112 Å². The molecule has 80 heavy (non-hydrogen) atoms. The van der Waals surface area contributed by atoms with Crippen LogP contribution in [0.2, 0.25) is 0 Å². The number of benzene rings is 2. The van der Waals surface area contributed by atoms with Crippen LogP contribution in [0.1, 0.15) is 129 Å². The molecule has 1 aromatic heterocycles. The predicted molar refractivity (Wildman–Crippen MR) is 307 cm³/mol. The lowest BCUT2D eigenvalue weighted by atomic mass is 9.72. The number of nitrogens with zero attached hydrogens (tertiary/aromatic N) is 1. The summed E-state index contributed by atoms with van der Waals surface area (Å²) in [5.74, 6) is 4.73. The topological polar surface area (TPSA) is 332 Å². The van der Waals surface area contributed by atoms with Gasteiger partial charge in [0.2, 0.25) is 5.71 Å². The molecule has 0 radical (unpaired) electrons. The summed E-state index contributed by atoms with van der Waals surface area (Å²) in [4.78, 5) is 95.5. The molecule has 0 saturated carbocycles. The van der Waals surface area contributed by atoms with Gasteiger partial charge in [-0.05, 0) is 75.9 Å². The number of carbonyl (C=O) groups excluding carboxylic acids is 1. The third-order valence-electron chi connectivity index (χ3n) is 12.0. The minimum absolute atomic E-state index is 0.0167. The average Bonchev–Trinajstić information content (AvgIpc) is 3.85. The number of hydrogen-bond donors (Lipinski definition) is 8. The van der Waals surface area contributed by atoms with Crippen molar-refractivity contribution in [2.75, 3.05) is 38.2 Å². The molecule has 30 heteroatoms. The van der Waals surface area contributed by atoms with Gasteiger partial charge < -0.3 is 48.9 Å². The van der Waals surface area contributed by atoms with Crippen molar-refractivity contribution in [1.29, 1.82) is 0 Å². The number of nitrogens with one attached hydrogen (secondary N) is 3. The van der Waals surface area contributed by atoms with Crippen LogP contribution in [-0.2, 0) is 47.5 Å². The summed E-state index contributed by atoms with van der Waals surface area (Å²) >= 11 is 0. The van der Waals surface area contributed by atoms with E-state index in [1.807, 2.05) is 54.5 Å². The number of ether oxygens (including phenoxy) is 4. The zero-order chi connectivity index (χ0) is 59.0. The Kier molecular flexibility index (Phi) is 22.7. The Morgan fingerprint density at radius 1 is 0.963 bits per heavy atom. The smallest absolute Gasteiger partial charge is 0.478 e. The number of aromatic carboxylic acids is 1. The monoisotopic (exact) mass is 1250 g/mol. The number of H-pyrrole nitrogens is 1. The highest BCUT2D eigenvalue weighted by molar-refractivity contribution is 8.77. The molecule has 23 nitrogen and oxygen atoms in total. The van der Waals surface area contributed by atoms with E-state index >= 15 is 0 Å². The summed E-state index contributed by atoms with van der Waals surface area (Å²) in [5, 5.41) is 13.6. The molecule has 1 saturated heterocycles. The lowest BCUT2D eigenvalue weighted by molar-refractivity contribution is -0.451. The van der Waals surface area contributed by atoms with Gasteiger partial charge in [0.1, 0.15) is 54.4 Å². The number of rotatable bonds is 25. The van der Waals surface area contributed by atoms with Crippen LogP contribution in [0.15, 0.2) is 69.6 Å². The molecular formula is C50H66N4O19P3S4+. The number of hydrogen-bond acceptors (Lipinski definition) is 18. The fourth-order valence-electron chi connectivity index (χ4n) is 8.63. The fourth-order valence-corrected chi connectivity index (χ4v) is 15.8. The number of aromatic amines is 1. The molecule has 438 valence electrons. The normalized spacial score (nSPS) is 21.2. The number of fused-ring (bicyclic) bond motifs is 2. The van der Waals surface area contributed by atoms with E-state index in [0.29, 0.717) is 17.1 Å². The molecule has 7 atom stereocenters. The first-order valence-corrected chi connectivity index (χ1v) is 34.1. The first-order chi connectivity index (χ1) is 37.4. The largest absolute Gasteiger partial charge is 0.490 e. The summed E-state index contributed by atoms with van der Waals surface area (Å²) in [5.41, 5.74) is 4.02. The highest BCUT2D eigenvalue weighted by Crippen LogP contribution is 2.66. The van der Waals surface area contributed by atoms with Crippen molar-refractivity contribution in [3.8, 4) is 17.6 Å². The van der Waals surface area contributed by atoms with Crippen LogP contribution >= 0.6 is 66.6 Å². The fraction of sp³-hybridized carbons (Fsp3) is 0.500. The number of carboxylic acids is 1. The Labute approximate surface area is 478 Å². The molecule has 6 rings (SSSR count).